The zero-order valence-electron chi connectivity index (χ0n) is 43.2. The van der Waals surface area contributed by atoms with Gasteiger partial charge in [0.1, 0.15) is 72.9 Å². The Bertz CT molecular complexity index is 1990. The number of aliphatic hydroxyl groups excluding tert-OH is 12. The van der Waals surface area contributed by atoms with Gasteiger partial charge in [-0.05, 0) is 107 Å². The van der Waals surface area contributed by atoms with Crippen molar-refractivity contribution in [2.75, 3.05) is 6.61 Å². The van der Waals surface area contributed by atoms with Gasteiger partial charge in [0.05, 0.1) is 30.8 Å². The summed E-state index contributed by atoms with van der Waals surface area (Å²) < 4.78 is 27.6. The first-order valence-corrected chi connectivity index (χ1v) is 26.3. The van der Waals surface area contributed by atoms with Gasteiger partial charge in [-0.25, -0.2) is 39.1 Å². The Kier molecular flexibility index (Phi) is 19.4. The van der Waals surface area contributed by atoms with Gasteiger partial charge in [0.2, 0.25) is 25.2 Å². The molecule has 29 unspecified atom stereocenters. The van der Waals surface area contributed by atoms with Crippen molar-refractivity contribution in [3.63, 3.8) is 0 Å². The van der Waals surface area contributed by atoms with Crippen LogP contribution in [0, 0.1) is 40.4 Å². The maximum absolute atomic E-state index is 13.5. The van der Waals surface area contributed by atoms with Gasteiger partial charge in [-0.15, -0.1) is 0 Å². The largest absolute Gasteiger partial charge is 0.462 e. The maximum atomic E-state index is 13.5. The number of allylic oxidation sites excluding steroid dienone is 1. The van der Waals surface area contributed by atoms with E-state index in [-0.39, 0.29) is 47.9 Å². The quantitative estimate of drug-likeness (QED) is 0.0291. The smallest absolute Gasteiger partial charge is 0.306 e. The molecule has 3 saturated carbocycles. The van der Waals surface area contributed by atoms with E-state index in [4.69, 9.17) is 62.8 Å². The van der Waals surface area contributed by atoms with E-state index < -0.39 is 153 Å². The number of carbonyl (C=O) groups excluding carboxylic acids is 2. The Hall–Kier alpha value is -2.08. The lowest BCUT2D eigenvalue weighted by molar-refractivity contribution is -0.529. The van der Waals surface area contributed by atoms with Gasteiger partial charge >= 0.3 is 5.97 Å². The molecule has 27 heteroatoms. The van der Waals surface area contributed by atoms with E-state index in [1.807, 2.05) is 0 Å². The van der Waals surface area contributed by atoms with Crippen molar-refractivity contribution in [1.29, 1.82) is 0 Å². The summed E-state index contributed by atoms with van der Waals surface area (Å²) in [5, 5.41) is 124. The third-order valence-electron chi connectivity index (χ3n) is 17.6. The van der Waals surface area contributed by atoms with Crippen molar-refractivity contribution >= 4 is 11.8 Å². The Morgan fingerprint density at radius 2 is 1.20 bits per heavy atom. The van der Waals surface area contributed by atoms with Gasteiger partial charge in [-0.1, -0.05) is 32.4 Å². The lowest BCUT2D eigenvalue weighted by Crippen LogP contribution is -2.62. The Labute approximate surface area is 438 Å². The summed E-state index contributed by atoms with van der Waals surface area (Å²) in [5.74, 6) is -0.753. The number of fused-ring (bicyclic) bond motifs is 5. The highest BCUT2D eigenvalue weighted by atomic mass is 17.3. The Morgan fingerprint density at radius 3 is 1.82 bits per heavy atom. The second kappa shape index (κ2) is 24.6. The van der Waals surface area contributed by atoms with E-state index >= 15 is 0 Å². The fourth-order valence-corrected chi connectivity index (χ4v) is 13.0. The molecule has 12 N–H and O–H groups in total. The number of hydrogen-bond acceptors (Lipinski definition) is 27. The Morgan fingerprint density at radius 1 is 0.632 bits per heavy atom. The van der Waals surface area contributed by atoms with Crippen LogP contribution in [0.4, 0.5) is 0 Å². The average molecular weight is 1100 g/mol. The molecule has 0 amide bonds. The van der Waals surface area contributed by atoms with Crippen molar-refractivity contribution in [1.82, 2.24) is 0 Å². The van der Waals surface area contributed by atoms with Gasteiger partial charge in [0.25, 0.3) is 0 Å². The summed E-state index contributed by atoms with van der Waals surface area (Å²) in [6.45, 7) is 10.5. The van der Waals surface area contributed by atoms with Crippen LogP contribution in [0.15, 0.2) is 11.6 Å². The van der Waals surface area contributed by atoms with Crippen LogP contribution in [-0.2, 0) is 72.4 Å². The molecule has 76 heavy (non-hydrogen) atoms. The molecule has 8 rings (SSSR count). The van der Waals surface area contributed by atoms with Gasteiger partial charge in [0.15, 0.2) is 24.8 Å². The zero-order valence-corrected chi connectivity index (χ0v) is 43.2. The van der Waals surface area contributed by atoms with E-state index in [1.165, 1.54) is 13.8 Å². The van der Waals surface area contributed by atoms with Crippen LogP contribution in [0.25, 0.3) is 0 Å². The third-order valence-corrected chi connectivity index (χ3v) is 17.6. The predicted octanol–water partition coefficient (Wildman–Crippen LogP) is -2.56. The van der Waals surface area contributed by atoms with Crippen LogP contribution in [0.1, 0.15) is 99.3 Å². The van der Waals surface area contributed by atoms with Crippen molar-refractivity contribution in [3.05, 3.63) is 11.6 Å². The molecule has 0 aromatic rings. The molecule has 27 nitrogen and oxygen atoms in total. The van der Waals surface area contributed by atoms with Crippen molar-refractivity contribution in [3.8, 4) is 0 Å². The predicted molar refractivity (Wildman–Crippen MR) is 245 cm³/mol. The van der Waals surface area contributed by atoms with Gasteiger partial charge in [-0.3, -0.25) is 9.59 Å². The molecule has 8 aliphatic rings. The highest BCUT2D eigenvalue weighted by molar-refractivity contribution is 5.81. The second-order valence-electron chi connectivity index (χ2n) is 22.7. The first-order valence-electron chi connectivity index (χ1n) is 26.3. The topological polar surface area (TPSA) is 397 Å². The van der Waals surface area contributed by atoms with Gasteiger partial charge < -0.3 is 85.0 Å². The standard InChI is InChI=1S/C49H78O27/c1-18(17-64-73-46-38(60)34(56)35(57)42(62)68-46)7-10-28(51)67-27-16-26-24-9-8-22-15-23(11-13-48(22,5)25(24)12-14-49(26,6)29(27)19(2)50)70-76-47-41(72-75-45-37(59)33(55)31(53)21(4)66-45)39(61)40(43(63)69-47)71-74-44-36(58)32(54)30(52)20(3)65-44/h8,18,20-21,23-27,29-47,52-63H,7,9-17H2,1-6H3. The highest BCUT2D eigenvalue weighted by Crippen LogP contribution is 2.67. The molecule has 4 aliphatic carbocycles. The van der Waals surface area contributed by atoms with Crippen LogP contribution in [-0.4, -0.2) is 215 Å². The lowest BCUT2D eigenvalue weighted by atomic mass is 9.47. The first kappa shape index (κ1) is 60.0. The summed E-state index contributed by atoms with van der Waals surface area (Å²) in [4.78, 5) is 70.0. The molecule has 7 fully saturated rings. The van der Waals surface area contributed by atoms with E-state index in [9.17, 15) is 70.9 Å². The zero-order chi connectivity index (χ0) is 55.3. The fraction of sp³-hybridized carbons (Fsp3) is 0.918. The number of ether oxygens (including phenoxy) is 5. The van der Waals surface area contributed by atoms with E-state index in [0.717, 1.165) is 18.4 Å². The second-order valence-corrected chi connectivity index (χ2v) is 22.7. The van der Waals surface area contributed by atoms with E-state index in [0.29, 0.717) is 38.5 Å². The minimum atomic E-state index is -2.03. The van der Waals surface area contributed by atoms with Crippen LogP contribution in [0.2, 0.25) is 0 Å². The summed E-state index contributed by atoms with van der Waals surface area (Å²) in [5.41, 5.74) is 0.466. The summed E-state index contributed by atoms with van der Waals surface area (Å²) in [7, 11) is 0. The van der Waals surface area contributed by atoms with Crippen LogP contribution < -0.4 is 0 Å². The number of rotatable bonds is 18. The minimum absolute atomic E-state index is 0.0261. The molecular weight excluding hydrogens is 1020 g/mol. The van der Waals surface area contributed by atoms with E-state index in [1.54, 1.807) is 13.8 Å². The number of esters is 1. The number of hydrogen-bond donors (Lipinski definition) is 12. The van der Waals surface area contributed by atoms with Crippen LogP contribution >= 0.6 is 0 Å². The highest BCUT2D eigenvalue weighted by Gasteiger charge is 2.63. The molecule has 4 aliphatic heterocycles. The van der Waals surface area contributed by atoms with Crippen molar-refractivity contribution in [2.24, 2.45) is 40.4 Å². The molecule has 0 spiro atoms. The molecule has 0 aromatic heterocycles. The summed E-state index contributed by atoms with van der Waals surface area (Å²) in [6, 6.07) is 0. The third kappa shape index (κ3) is 12.1. The first-order chi connectivity index (χ1) is 35.9. The van der Waals surface area contributed by atoms with Crippen LogP contribution in [0.3, 0.4) is 0 Å². The SMILES string of the molecule is CC(=O)C1C(OC(=O)CCC(C)COOC2OC(O)C(O)C(O)C2O)CC2C3CC=C4CC(OOC5OC(O)C(OOC6OC(C)C(O)C(O)C6O)C(O)C5OOC5OC(C)C(O)C(O)C5O)CCC4(C)C3CCC21C. The van der Waals surface area contributed by atoms with Crippen molar-refractivity contribution in [2.45, 2.75) is 235 Å². The van der Waals surface area contributed by atoms with Gasteiger partial charge in [0, 0.05) is 6.42 Å². The average Bonchev–Trinajstić information content (AvgIpc) is 3.74. The van der Waals surface area contributed by atoms with Crippen molar-refractivity contribution < 1.29 is 134 Å². The minimum Gasteiger partial charge on any atom is -0.462 e. The molecule has 0 aromatic carbocycles. The Balaban J connectivity index is 0.869. The molecule has 436 valence electrons. The normalized spacial score (nSPS) is 49.9. The summed E-state index contributed by atoms with van der Waals surface area (Å²) in [6.07, 6.45) is -27.5. The lowest BCUT2D eigenvalue weighted by Gasteiger charge is -2.57. The van der Waals surface area contributed by atoms with Gasteiger partial charge in [-0.2, -0.15) is 0 Å². The number of ketones is 1. The number of carbonyl (C=O) groups is 2. The molecule has 4 heterocycles. The number of Topliss-reactive ketones (excluding diaryl/α,β-unsaturated/α-hetero) is 1. The van der Waals surface area contributed by atoms with E-state index in [2.05, 4.69) is 19.9 Å². The van der Waals surface area contributed by atoms with Crippen LogP contribution in [0.5, 0.6) is 0 Å². The molecular formula is C49H78O27. The summed E-state index contributed by atoms with van der Waals surface area (Å²) >= 11 is 0. The molecule has 0 bridgehead atoms. The molecule has 29 atom stereocenters. The number of aliphatic hydroxyl groups is 12. The maximum Gasteiger partial charge on any atom is 0.306 e. The molecule has 0 radical (unpaired) electrons. The molecule has 4 saturated heterocycles. The monoisotopic (exact) mass is 1100 g/mol. The fourth-order valence-electron chi connectivity index (χ4n) is 13.0.